The third-order valence-corrected chi connectivity index (χ3v) is 13.1. The lowest BCUT2D eigenvalue weighted by Crippen LogP contribution is -2.31. The van der Waals surface area contributed by atoms with Crippen LogP contribution in [0.2, 0.25) is 0 Å². The van der Waals surface area contributed by atoms with Gasteiger partial charge in [-0.15, -0.1) is 0 Å². The zero-order valence-corrected chi connectivity index (χ0v) is 33.6. The summed E-state index contributed by atoms with van der Waals surface area (Å²) < 4.78 is 2.33. The smallest absolute Gasteiger partial charge is 0.236 e. The maximum Gasteiger partial charge on any atom is 0.292 e. The van der Waals surface area contributed by atoms with Gasteiger partial charge in [0, 0.05) is 5.41 Å². The van der Waals surface area contributed by atoms with E-state index in [1.54, 1.807) is 0 Å². The molecule has 2 heteroatoms. The number of benzene rings is 10. The van der Waals surface area contributed by atoms with E-state index >= 15 is 0 Å². The second-order valence-corrected chi connectivity index (χ2v) is 16.8. The van der Waals surface area contributed by atoms with Crippen LogP contribution in [0.3, 0.4) is 0 Å². The summed E-state index contributed by atoms with van der Waals surface area (Å²) in [7, 11) is 0. The first-order valence-electron chi connectivity index (χ1n) is 20.9. The van der Waals surface area contributed by atoms with Crippen molar-refractivity contribution in [3.8, 4) is 61.6 Å². The molecule has 12 rings (SSSR count). The number of aromatic amines is 1. The zero-order chi connectivity index (χ0) is 40.0. The number of hydrogen-bond acceptors (Lipinski definition) is 0. The van der Waals surface area contributed by atoms with Gasteiger partial charge in [-0.05, 0) is 143 Å². The quantitative estimate of drug-likeness (QED) is 0.133. The molecule has 0 amide bonds. The van der Waals surface area contributed by atoms with Gasteiger partial charge < -0.3 is 0 Å². The van der Waals surface area contributed by atoms with Gasteiger partial charge in [0.05, 0.1) is 5.56 Å². The largest absolute Gasteiger partial charge is 0.292 e. The fraction of sp³-hybridized carbons (Fsp3) is 0.0517. The maximum atomic E-state index is 3.75. The van der Waals surface area contributed by atoms with Crippen LogP contribution < -0.4 is 4.57 Å². The van der Waals surface area contributed by atoms with Gasteiger partial charge in [0.2, 0.25) is 0 Å². The Labute approximate surface area is 349 Å². The lowest BCUT2D eigenvalue weighted by atomic mass is 9.81. The molecule has 0 saturated carbocycles. The van der Waals surface area contributed by atoms with Crippen LogP contribution >= 0.6 is 0 Å². The van der Waals surface area contributed by atoms with E-state index in [9.17, 15) is 0 Å². The molecule has 1 aliphatic carbocycles. The SMILES string of the molecule is CC1(C)c2ccccc2-c2cc(-c3c4ccccc4c(-c4ccc(-c5[nH]c6ccccc6[n+]5-c5ccccc5)cc4)c4ccc(-c5ccc6ccccc6c5)cc34)ccc21. The molecule has 1 heterocycles. The number of para-hydroxylation sites is 3. The average Bonchev–Trinajstić information content (AvgIpc) is 3.80. The van der Waals surface area contributed by atoms with Crippen LogP contribution in [0.15, 0.2) is 206 Å². The first-order valence-corrected chi connectivity index (χ1v) is 20.9. The number of nitrogens with one attached hydrogen (secondary N) is 1. The molecule has 1 N–H and O–H groups in total. The van der Waals surface area contributed by atoms with E-state index in [0.717, 1.165) is 28.1 Å². The molecule has 0 atom stereocenters. The van der Waals surface area contributed by atoms with Crippen molar-refractivity contribution in [3.05, 3.63) is 217 Å². The average molecular weight is 766 g/mol. The molecule has 0 bridgehead atoms. The van der Waals surface area contributed by atoms with Crippen LogP contribution in [0.1, 0.15) is 25.0 Å². The van der Waals surface area contributed by atoms with Gasteiger partial charge in [-0.2, -0.15) is 4.57 Å². The summed E-state index contributed by atoms with van der Waals surface area (Å²) in [6.45, 7) is 4.72. The van der Waals surface area contributed by atoms with Gasteiger partial charge in [0.1, 0.15) is 5.69 Å². The van der Waals surface area contributed by atoms with Gasteiger partial charge >= 0.3 is 0 Å². The molecule has 10 aromatic carbocycles. The predicted octanol–water partition coefficient (Wildman–Crippen LogP) is 14.9. The molecule has 282 valence electrons. The van der Waals surface area contributed by atoms with E-state index in [1.165, 1.54) is 88.0 Å². The van der Waals surface area contributed by atoms with Crippen LogP contribution in [0, 0.1) is 0 Å². The van der Waals surface area contributed by atoms with Gasteiger partial charge in [-0.1, -0.05) is 166 Å². The van der Waals surface area contributed by atoms with Crippen molar-refractivity contribution in [3.63, 3.8) is 0 Å². The third kappa shape index (κ3) is 5.24. The summed E-state index contributed by atoms with van der Waals surface area (Å²) in [6.07, 6.45) is 0. The molecule has 0 unspecified atom stereocenters. The molecule has 0 spiro atoms. The monoisotopic (exact) mass is 765 g/mol. The highest BCUT2D eigenvalue weighted by atomic mass is 15.1. The summed E-state index contributed by atoms with van der Waals surface area (Å²) in [6, 6.07) is 76.1. The normalized spacial score (nSPS) is 13.0. The van der Waals surface area contributed by atoms with Crippen molar-refractivity contribution in [2.24, 2.45) is 0 Å². The number of hydrogen-bond donors (Lipinski definition) is 1. The van der Waals surface area contributed by atoms with Gasteiger partial charge in [-0.25, -0.2) is 4.98 Å². The fourth-order valence-corrected chi connectivity index (χ4v) is 10.1. The lowest BCUT2D eigenvalue weighted by Gasteiger charge is -2.22. The summed E-state index contributed by atoms with van der Waals surface area (Å²) in [5.41, 5.74) is 17.3. The maximum absolute atomic E-state index is 3.75. The highest BCUT2D eigenvalue weighted by molar-refractivity contribution is 6.22. The molecule has 0 aliphatic heterocycles. The summed E-state index contributed by atoms with van der Waals surface area (Å²) >= 11 is 0. The number of nitrogens with zero attached hydrogens (tertiary/aromatic N) is 1. The van der Waals surface area contributed by atoms with E-state index in [0.29, 0.717) is 0 Å². The molecule has 0 radical (unpaired) electrons. The van der Waals surface area contributed by atoms with Crippen LogP contribution in [0.4, 0.5) is 0 Å². The minimum atomic E-state index is -0.0545. The second-order valence-electron chi connectivity index (χ2n) is 16.8. The first kappa shape index (κ1) is 34.5. The number of H-pyrrole nitrogens is 1. The van der Waals surface area contributed by atoms with E-state index in [4.69, 9.17) is 0 Å². The summed E-state index contributed by atoms with van der Waals surface area (Å²) in [5, 5.41) is 7.49. The van der Waals surface area contributed by atoms with Crippen LogP contribution in [-0.4, -0.2) is 4.98 Å². The number of imidazole rings is 1. The van der Waals surface area contributed by atoms with E-state index in [-0.39, 0.29) is 5.41 Å². The fourth-order valence-electron chi connectivity index (χ4n) is 10.1. The van der Waals surface area contributed by atoms with Crippen molar-refractivity contribution in [2.45, 2.75) is 19.3 Å². The summed E-state index contributed by atoms with van der Waals surface area (Å²) in [4.78, 5) is 3.75. The third-order valence-electron chi connectivity index (χ3n) is 13.1. The van der Waals surface area contributed by atoms with Crippen molar-refractivity contribution < 1.29 is 4.57 Å². The minimum Gasteiger partial charge on any atom is -0.236 e. The molecule has 60 heavy (non-hydrogen) atoms. The Morgan fingerprint density at radius 3 is 1.80 bits per heavy atom. The lowest BCUT2D eigenvalue weighted by molar-refractivity contribution is -0.554. The standard InChI is InChI=1S/C58H40N2/c1-58(2)51-21-11-10-18-45(51)49-36-43(31-33-52(49)58)56-47-20-9-8-19-46(47)55(48-32-30-42(35-50(48)56)41-29-24-37-14-6-7-15-40(37)34-41)38-25-27-39(28-26-38)57-59-53-22-12-13-23-54(53)60(57)44-16-4-3-5-17-44/h3-36H,1-2H3/p+1. The Balaban J connectivity index is 1.09. The molecule has 0 saturated heterocycles. The Hall–Kier alpha value is -7.55. The molecular weight excluding hydrogens is 725 g/mol. The van der Waals surface area contributed by atoms with Crippen molar-refractivity contribution in [1.82, 2.24) is 4.98 Å². The zero-order valence-electron chi connectivity index (χ0n) is 33.6. The van der Waals surface area contributed by atoms with Crippen LogP contribution in [0.5, 0.6) is 0 Å². The predicted molar refractivity (Wildman–Crippen MR) is 252 cm³/mol. The number of rotatable bonds is 5. The Morgan fingerprint density at radius 1 is 0.383 bits per heavy atom. The van der Waals surface area contributed by atoms with E-state index in [2.05, 4.69) is 230 Å². The Bertz CT molecular complexity index is 3500. The van der Waals surface area contributed by atoms with Crippen LogP contribution in [-0.2, 0) is 5.41 Å². The number of aromatic nitrogens is 2. The molecular formula is C58H41N2+. The van der Waals surface area contributed by atoms with E-state index in [1.807, 2.05) is 0 Å². The molecule has 2 nitrogen and oxygen atoms in total. The second kappa shape index (κ2) is 13.2. The number of fused-ring (bicyclic) bond motifs is 7. The molecule has 11 aromatic rings. The van der Waals surface area contributed by atoms with Crippen LogP contribution in [0.25, 0.3) is 105 Å². The molecule has 1 aromatic heterocycles. The highest BCUT2D eigenvalue weighted by Gasteiger charge is 2.35. The summed E-state index contributed by atoms with van der Waals surface area (Å²) in [5.74, 6) is 1.06. The van der Waals surface area contributed by atoms with Gasteiger partial charge in [0.15, 0.2) is 11.0 Å². The van der Waals surface area contributed by atoms with Crippen molar-refractivity contribution in [1.29, 1.82) is 0 Å². The molecule has 1 aliphatic rings. The minimum absolute atomic E-state index is 0.0545. The highest BCUT2D eigenvalue weighted by Crippen LogP contribution is 2.51. The first-order chi connectivity index (χ1) is 29.5. The molecule has 0 fully saturated rings. The van der Waals surface area contributed by atoms with E-state index < -0.39 is 0 Å². The Morgan fingerprint density at radius 2 is 0.967 bits per heavy atom. The van der Waals surface area contributed by atoms with Gasteiger partial charge in [-0.3, -0.25) is 0 Å². The topological polar surface area (TPSA) is 19.7 Å². The van der Waals surface area contributed by atoms with Crippen molar-refractivity contribution >= 4 is 43.4 Å². The van der Waals surface area contributed by atoms with Gasteiger partial charge in [0.25, 0.3) is 5.82 Å². The Kier molecular flexibility index (Phi) is 7.61. The van der Waals surface area contributed by atoms with Crippen molar-refractivity contribution in [2.75, 3.05) is 0 Å².